The predicted octanol–water partition coefficient (Wildman–Crippen LogP) is 34.6. The van der Waals surface area contributed by atoms with Crippen LogP contribution in [0.5, 0.6) is 23.0 Å². The number of fused-ring (bicyclic) bond motifs is 24. The van der Waals surface area contributed by atoms with Crippen LogP contribution in [0.15, 0.2) is 437 Å². The van der Waals surface area contributed by atoms with Crippen LogP contribution in [0, 0.1) is 47.4 Å². The highest BCUT2D eigenvalue weighted by molar-refractivity contribution is 7.17. The number of ether oxygens (including phenoxy) is 4. The Balaban J connectivity index is 0.779. The summed E-state index contributed by atoms with van der Waals surface area (Å²) in [6.07, 6.45) is 0. The Hall–Kier alpha value is -17.3. The molecule has 24 aromatic rings. The second-order valence-electron chi connectivity index (χ2n) is 39.2. The Kier molecular flexibility index (Phi) is 21.3. The fourth-order valence-corrected chi connectivity index (χ4v) is 32.0. The van der Waals surface area contributed by atoms with Gasteiger partial charge in [-0.25, -0.2) is 0 Å². The molecule has 4 aliphatic carbocycles. The summed E-state index contributed by atoms with van der Waals surface area (Å²) in [4.78, 5) is 9.48. The lowest BCUT2D eigenvalue weighted by Crippen LogP contribution is -2.29. The molecule has 4 unspecified atom stereocenters. The van der Waals surface area contributed by atoms with Gasteiger partial charge in [-0.3, -0.25) is 0 Å². The standard InChI is InChI=1S/C141H92O4S4/c1-5-9-77-142-105-61-49-93-81-101(57-45-97(93)85-105)137(117-41-25-21-37-113(117)133-109-33-17-13-29-89(109)53-65-121(133)137)125-69-73-129(146-125)141(130-74-70-126(147-130)138(102-58-46-98-86-106(143-78-10-6-2)62-50-94(98)82-102)118-42-26-22-38-114(118)134-110-34-18-14-30-90(110)54-66-122(134)138,131-75-71-127(148-131)139(103-59-47-99-87-107(144-79-11-7-3)63-51-95(99)83-103)119-43-27-23-39-115(119)135-111-35-19-15-31-91(111)55-67-123(135)139)132-76-72-128(149-132)140(104-60-48-100-88-108(145-80-12-8-4)64-52-96(100)84-104)120-44-28-24-40-116(120)136-112-36-20-16-32-92(112)56-68-124(136)140/h13-76,81-88H,77-80H2,1-4H3. The molecular formula is C141H92O4S4. The van der Waals surface area contributed by atoms with E-state index in [1.54, 1.807) is 0 Å². The van der Waals surface area contributed by atoms with E-state index in [0.29, 0.717) is 26.4 Å². The van der Waals surface area contributed by atoms with Crippen molar-refractivity contribution in [3.05, 3.63) is 543 Å². The summed E-state index contributed by atoms with van der Waals surface area (Å²) in [7, 11) is 0. The van der Waals surface area contributed by atoms with Crippen LogP contribution in [-0.2, 0) is 27.1 Å². The second kappa shape index (κ2) is 35.6. The molecule has 0 fully saturated rings. The molecule has 0 N–H and O–H groups in total. The van der Waals surface area contributed by atoms with Crippen LogP contribution >= 0.6 is 45.3 Å². The van der Waals surface area contributed by atoms with E-state index >= 15 is 0 Å². The molecule has 20 aromatic carbocycles. The predicted molar refractivity (Wildman–Crippen MR) is 621 cm³/mol. The molecule has 4 heterocycles. The lowest BCUT2D eigenvalue weighted by molar-refractivity contribution is 0.370. The molecule has 4 nitrogen and oxygen atoms in total. The van der Waals surface area contributed by atoms with Gasteiger partial charge in [-0.2, -0.15) is 0 Å². The van der Waals surface area contributed by atoms with Crippen molar-refractivity contribution in [3.8, 4) is 115 Å². The van der Waals surface area contributed by atoms with E-state index in [-0.39, 0.29) is 0 Å². The zero-order valence-corrected chi connectivity index (χ0v) is 85.4. The number of benzene rings is 20. The average Bonchev–Trinajstić information content (AvgIpc) is 1.52. The summed E-state index contributed by atoms with van der Waals surface area (Å²) >= 11 is 7.89. The van der Waals surface area contributed by atoms with E-state index < -0.39 is 27.1 Å². The minimum absolute atomic E-state index is 0.300. The van der Waals surface area contributed by atoms with Gasteiger partial charge >= 0.3 is 0 Å². The molecule has 0 aliphatic heterocycles. The van der Waals surface area contributed by atoms with Gasteiger partial charge in [0, 0.05) is 39.0 Å². The maximum atomic E-state index is 6.37. The van der Waals surface area contributed by atoms with Crippen molar-refractivity contribution in [3.63, 3.8) is 0 Å². The van der Waals surface area contributed by atoms with Crippen molar-refractivity contribution in [2.24, 2.45) is 0 Å². The molecule has 0 saturated carbocycles. The van der Waals surface area contributed by atoms with Gasteiger partial charge in [0.2, 0.25) is 0 Å². The molecule has 0 bridgehead atoms. The first-order chi connectivity index (χ1) is 73.6. The smallest absolute Gasteiger partial charge is 0.149 e. The number of rotatable bonds is 20. The Morgan fingerprint density at radius 3 is 0.644 bits per heavy atom. The average molecular weight is 1980 g/mol. The highest BCUT2D eigenvalue weighted by Crippen LogP contribution is 2.69. The van der Waals surface area contributed by atoms with E-state index in [4.69, 9.17) is 18.9 Å². The van der Waals surface area contributed by atoms with Gasteiger partial charge in [0.15, 0.2) is 0 Å². The van der Waals surface area contributed by atoms with E-state index in [9.17, 15) is 0 Å². The minimum Gasteiger partial charge on any atom is -0.481 e. The van der Waals surface area contributed by atoms with Crippen LogP contribution < -0.4 is 18.9 Å². The number of thiophene rings is 4. The quantitative estimate of drug-likeness (QED) is 0.0713. The van der Waals surface area contributed by atoms with Crippen LogP contribution in [0.2, 0.25) is 0 Å². The molecule has 4 aromatic heterocycles. The molecular weight excluding hydrogens is 1890 g/mol. The third-order valence-corrected chi connectivity index (χ3v) is 37.3. The molecule has 704 valence electrons. The summed E-state index contributed by atoms with van der Waals surface area (Å²) in [5.41, 5.74) is 19.6. The monoisotopic (exact) mass is 1980 g/mol. The maximum absolute atomic E-state index is 6.37. The lowest BCUT2D eigenvalue weighted by Gasteiger charge is -2.35. The fraction of sp³-hybridized carbons (Fsp3) is 0.0922. The van der Waals surface area contributed by atoms with Gasteiger partial charge in [-0.05, 0) is 346 Å². The molecule has 8 heteroatoms. The second-order valence-corrected chi connectivity index (χ2v) is 43.5. The lowest BCUT2D eigenvalue weighted by atomic mass is 9.70. The summed E-state index contributed by atoms with van der Waals surface area (Å²) < 4.78 is 25.5. The highest BCUT2D eigenvalue weighted by Gasteiger charge is 2.57. The molecule has 149 heavy (non-hydrogen) atoms. The first-order valence-corrected chi connectivity index (χ1v) is 54.1. The van der Waals surface area contributed by atoms with Crippen molar-refractivity contribution < 1.29 is 18.9 Å². The zero-order valence-electron chi connectivity index (χ0n) is 82.2. The first kappa shape index (κ1) is 89.3. The highest BCUT2D eigenvalue weighted by atomic mass is 32.1. The molecule has 4 atom stereocenters. The van der Waals surface area contributed by atoms with Crippen molar-refractivity contribution >= 4 is 132 Å². The first-order valence-electron chi connectivity index (χ1n) is 50.8. The summed E-state index contributed by atoms with van der Waals surface area (Å²) in [6.45, 7) is 8.64. The van der Waals surface area contributed by atoms with E-state index in [1.807, 2.05) is 73.0 Å². The van der Waals surface area contributed by atoms with Gasteiger partial charge in [-0.15, -0.1) is 69.0 Å². The largest absolute Gasteiger partial charge is 0.481 e. The summed E-state index contributed by atoms with van der Waals surface area (Å²) in [6, 6.07) is 168. The molecule has 0 saturated heterocycles. The van der Waals surface area contributed by atoms with Crippen molar-refractivity contribution in [1.82, 2.24) is 0 Å². The SMILES string of the molecule is CC#CCOc1ccc2cc(C3(c4ccc(C(c5ccc(C6(c7ccc8cc(OCC#CC)ccc8c7)c7ccccc7-c7c6ccc6ccccc76)s5)(c5ccc(C6(c7ccc8cc(OCC#CC)ccc8c7)c7ccccc7-c7c6ccc6ccccc76)s5)c5ccc(C6(c7ccc8cc(OCC#CC)ccc8c7)c7ccccc7-c7c6ccc6ccccc76)s5)s4)c4ccccc4-c4c3ccc3ccccc43)ccc2c1. The summed E-state index contributed by atoms with van der Waals surface area (Å²) in [5, 5.41) is 18.4. The molecule has 4 aliphatic rings. The van der Waals surface area contributed by atoms with Crippen LogP contribution in [0.3, 0.4) is 0 Å². The molecule has 0 radical (unpaired) electrons. The van der Waals surface area contributed by atoms with Crippen molar-refractivity contribution in [2.45, 2.75) is 54.8 Å². The van der Waals surface area contributed by atoms with Crippen LogP contribution in [0.25, 0.3) is 131 Å². The Morgan fingerprint density at radius 1 is 0.195 bits per heavy atom. The number of hydrogen-bond donors (Lipinski definition) is 0. The van der Waals surface area contributed by atoms with E-state index in [2.05, 4.69) is 484 Å². The third-order valence-electron chi connectivity index (χ3n) is 32.0. The van der Waals surface area contributed by atoms with Gasteiger partial charge in [0.25, 0.3) is 0 Å². The Labute approximate surface area is 881 Å². The fourth-order valence-electron chi connectivity index (χ4n) is 25.7. The van der Waals surface area contributed by atoms with Crippen molar-refractivity contribution in [1.29, 1.82) is 0 Å². The van der Waals surface area contributed by atoms with E-state index in [1.165, 1.54) is 193 Å². The van der Waals surface area contributed by atoms with E-state index in [0.717, 1.165) is 66.1 Å². The van der Waals surface area contributed by atoms with Crippen LogP contribution in [0.4, 0.5) is 0 Å². The number of hydrogen-bond acceptors (Lipinski definition) is 8. The van der Waals surface area contributed by atoms with Gasteiger partial charge in [-0.1, -0.05) is 339 Å². The Bertz CT molecular complexity index is 8900. The topological polar surface area (TPSA) is 36.9 Å². The van der Waals surface area contributed by atoms with Gasteiger partial charge in [0.1, 0.15) is 54.8 Å². The van der Waals surface area contributed by atoms with Crippen LogP contribution in [0.1, 0.15) is 133 Å². The van der Waals surface area contributed by atoms with Crippen LogP contribution in [-0.4, -0.2) is 26.4 Å². The normalized spacial score (nSPS) is 16.5. The summed E-state index contributed by atoms with van der Waals surface area (Å²) in [5.74, 6) is 27.8. The third kappa shape index (κ3) is 13.4. The Morgan fingerprint density at radius 2 is 0.403 bits per heavy atom. The molecule has 0 spiro atoms. The molecule has 28 rings (SSSR count). The zero-order chi connectivity index (χ0) is 99.3. The van der Waals surface area contributed by atoms with Gasteiger partial charge in [0.05, 0.1) is 21.7 Å². The van der Waals surface area contributed by atoms with Crippen molar-refractivity contribution in [2.75, 3.05) is 26.4 Å². The maximum Gasteiger partial charge on any atom is 0.149 e. The minimum atomic E-state index is -1.18. The molecule has 0 amide bonds. The van der Waals surface area contributed by atoms with Gasteiger partial charge < -0.3 is 18.9 Å².